The predicted molar refractivity (Wildman–Crippen MR) is 93.4 cm³/mol. The zero-order chi connectivity index (χ0) is 19.7. The fraction of sp³-hybridized carbons (Fsp3) is 0.444. The molecule has 1 aromatic carbocycles. The van der Waals surface area contributed by atoms with Gasteiger partial charge in [0.05, 0.1) is 0 Å². The number of Topliss-reactive ketones (excluding diaryl/α,β-unsaturated/α-hetero) is 1. The summed E-state index contributed by atoms with van der Waals surface area (Å²) in [5, 5.41) is 4.98. The van der Waals surface area contributed by atoms with Crippen molar-refractivity contribution in [3.05, 3.63) is 35.6 Å². The fourth-order valence-corrected chi connectivity index (χ4v) is 2.35. The highest BCUT2D eigenvalue weighted by atomic mass is 19.1. The van der Waals surface area contributed by atoms with E-state index in [0.717, 1.165) is 0 Å². The number of primary amides is 1. The van der Waals surface area contributed by atoms with Crippen molar-refractivity contribution >= 4 is 23.5 Å². The molecule has 0 radical (unpaired) electrons. The lowest BCUT2D eigenvalue weighted by Gasteiger charge is -2.21. The van der Waals surface area contributed by atoms with Crippen LogP contribution < -0.4 is 16.4 Å². The number of halogens is 1. The van der Waals surface area contributed by atoms with E-state index in [1.165, 1.54) is 31.2 Å². The number of ketones is 1. The molecule has 0 saturated carbocycles. The maximum atomic E-state index is 13.0. The van der Waals surface area contributed by atoms with Crippen molar-refractivity contribution in [2.24, 2.45) is 5.73 Å². The van der Waals surface area contributed by atoms with E-state index in [4.69, 9.17) is 5.73 Å². The van der Waals surface area contributed by atoms with Gasteiger partial charge >= 0.3 is 0 Å². The Balaban J connectivity index is 2.81. The predicted octanol–water partition coefficient (Wildman–Crippen LogP) is 0.602. The van der Waals surface area contributed by atoms with Crippen LogP contribution >= 0.6 is 0 Å². The Bertz CT molecular complexity index is 661. The van der Waals surface area contributed by atoms with Gasteiger partial charge in [0.2, 0.25) is 17.7 Å². The molecule has 142 valence electrons. The molecule has 3 amide bonds. The van der Waals surface area contributed by atoms with Crippen molar-refractivity contribution in [2.45, 2.75) is 51.6 Å². The average molecular weight is 365 g/mol. The van der Waals surface area contributed by atoms with Gasteiger partial charge in [0.15, 0.2) is 0 Å². The van der Waals surface area contributed by atoms with Crippen LogP contribution in [0.2, 0.25) is 0 Å². The second-order valence-electron chi connectivity index (χ2n) is 5.98. The highest BCUT2D eigenvalue weighted by Gasteiger charge is 2.25. The van der Waals surface area contributed by atoms with Gasteiger partial charge in [0, 0.05) is 26.2 Å². The topological polar surface area (TPSA) is 118 Å². The van der Waals surface area contributed by atoms with E-state index in [-0.39, 0.29) is 25.0 Å². The summed E-state index contributed by atoms with van der Waals surface area (Å²) in [6, 6.07) is 3.54. The first-order valence-corrected chi connectivity index (χ1v) is 8.35. The third-order valence-electron chi connectivity index (χ3n) is 3.81. The van der Waals surface area contributed by atoms with Crippen molar-refractivity contribution in [1.29, 1.82) is 0 Å². The SMILES string of the molecule is CCC(=O)CC[C@H](NC(=O)[C@H](Cc1ccc(F)cc1)NC(C)=O)C(N)=O. The molecule has 1 rings (SSSR count). The smallest absolute Gasteiger partial charge is 0.243 e. The monoisotopic (exact) mass is 365 g/mol. The van der Waals surface area contributed by atoms with Gasteiger partial charge in [-0.05, 0) is 24.1 Å². The Morgan fingerprint density at radius 2 is 1.69 bits per heavy atom. The Hall–Kier alpha value is -2.77. The van der Waals surface area contributed by atoms with Crippen LogP contribution in [0, 0.1) is 5.82 Å². The van der Waals surface area contributed by atoms with Gasteiger partial charge in [-0.2, -0.15) is 0 Å². The van der Waals surface area contributed by atoms with E-state index in [9.17, 15) is 23.6 Å². The van der Waals surface area contributed by atoms with E-state index in [1.807, 2.05) is 0 Å². The third kappa shape index (κ3) is 7.42. The molecule has 0 bridgehead atoms. The van der Waals surface area contributed by atoms with Gasteiger partial charge in [-0.15, -0.1) is 0 Å². The zero-order valence-corrected chi connectivity index (χ0v) is 14.9. The lowest BCUT2D eigenvalue weighted by Crippen LogP contribution is -2.53. The van der Waals surface area contributed by atoms with Crippen LogP contribution in [-0.2, 0) is 25.6 Å². The normalized spacial score (nSPS) is 12.7. The second-order valence-corrected chi connectivity index (χ2v) is 5.98. The van der Waals surface area contributed by atoms with Crippen molar-refractivity contribution in [3.8, 4) is 0 Å². The van der Waals surface area contributed by atoms with Crippen LogP contribution in [0.5, 0.6) is 0 Å². The fourth-order valence-electron chi connectivity index (χ4n) is 2.35. The maximum absolute atomic E-state index is 13.0. The lowest BCUT2D eigenvalue weighted by atomic mass is 10.0. The van der Waals surface area contributed by atoms with Crippen LogP contribution in [-0.4, -0.2) is 35.6 Å². The molecule has 0 aromatic heterocycles. The third-order valence-corrected chi connectivity index (χ3v) is 3.81. The molecule has 8 heteroatoms. The van der Waals surface area contributed by atoms with Crippen LogP contribution in [0.25, 0.3) is 0 Å². The molecule has 0 aliphatic rings. The number of nitrogens with one attached hydrogen (secondary N) is 2. The van der Waals surface area contributed by atoms with Crippen molar-refractivity contribution in [2.75, 3.05) is 0 Å². The van der Waals surface area contributed by atoms with Crippen LogP contribution in [0.15, 0.2) is 24.3 Å². The minimum absolute atomic E-state index is 0.0461. The molecule has 0 aliphatic carbocycles. The lowest BCUT2D eigenvalue weighted by molar-refractivity contribution is -0.131. The first kappa shape index (κ1) is 21.3. The Morgan fingerprint density at radius 3 is 2.19 bits per heavy atom. The van der Waals surface area contributed by atoms with E-state index < -0.39 is 35.6 Å². The second kappa shape index (κ2) is 10.3. The van der Waals surface area contributed by atoms with E-state index in [0.29, 0.717) is 12.0 Å². The standard InChI is InChI=1S/C18H24FN3O4/c1-3-14(24)8-9-15(17(20)25)22-18(26)16(21-11(2)23)10-12-4-6-13(19)7-5-12/h4-7,15-16H,3,8-10H2,1-2H3,(H2,20,25)(H,21,23)(H,22,26)/t15-,16-/m0/s1. The van der Waals surface area contributed by atoms with Crippen LogP contribution in [0.4, 0.5) is 4.39 Å². The summed E-state index contributed by atoms with van der Waals surface area (Å²) in [5.41, 5.74) is 5.93. The molecule has 0 saturated heterocycles. The molecule has 4 N–H and O–H groups in total. The summed E-state index contributed by atoms with van der Waals surface area (Å²) in [6.45, 7) is 2.96. The number of carbonyl (C=O) groups excluding carboxylic acids is 4. The number of rotatable bonds is 10. The number of hydrogen-bond donors (Lipinski definition) is 3. The number of carbonyl (C=O) groups is 4. The minimum atomic E-state index is -1.01. The summed E-state index contributed by atoms with van der Waals surface area (Å²) in [7, 11) is 0. The first-order valence-electron chi connectivity index (χ1n) is 8.35. The molecule has 0 spiro atoms. The number of nitrogens with two attached hydrogens (primary N) is 1. The molecular formula is C18H24FN3O4. The minimum Gasteiger partial charge on any atom is -0.368 e. The van der Waals surface area contributed by atoms with Crippen molar-refractivity contribution in [3.63, 3.8) is 0 Å². The summed E-state index contributed by atoms with van der Waals surface area (Å²) in [5.74, 6) is -2.24. The number of benzene rings is 1. The molecule has 0 fully saturated rings. The molecule has 7 nitrogen and oxygen atoms in total. The molecule has 0 heterocycles. The summed E-state index contributed by atoms with van der Waals surface area (Å²) in [4.78, 5) is 46.8. The van der Waals surface area contributed by atoms with E-state index in [1.54, 1.807) is 6.92 Å². The zero-order valence-electron chi connectivity index (χ0n) is 14.9. The maximum Gasteiger partial charge on any atom is 0.243 e. The van der Waals surface area contributed by atoms with Crippen molar-refractivity contribution < 1.29 is 23.6 Å². The summed E-state index contributed by atoms with van der Waals surface area (Å²) >= 11 is 0. The van der Waals surface area contributed by atoms with Crippen LogP contribution in [0.3, 0.4) is 0 Å². The van der Waals surface area contributed by atoms with Gasteiger partial charge in [-0.3, -0.25) is 19.2 Å². The molecule has 1 aromatic rings. The van der Waals surface area contributed by atoms with E-state index >= 15 is 0 Å². The first-order chi connectivity index (χ1) is 12.2. The molecule has 26 heavy (non-hydrogen) atoms. The van der Waals surface area contributed by atoms with Gasteiger partial charge in [-0.1, -0.05) is 19.1 Å². The van der Waals surface area contributed by atoms with Gasteiger partial charge in [0.1, 0.15) is 23.7 Å². The summed E-state index contributed by atoms with van der Waals surface area (Å²) < 4.78 is 13.0. The van der Waals surface area contributed by atoms with Crippen LogP contribution in [0.1, 0.15) is 38.7 Å². The molecule has 2 atom stereocenters. The Kier molecular flexibility index (Phi) is 8.41. The largest absolute Gasteiger partial charge is 0.368 e. The van der Waals surface area contributed by atoms with Crippen molar-refractivity contribution in [1.82, 2.24) is 10.6 Å². The van der Waals surface area contributed by atoms with E-state index in [2.05, 4.69) is 10.6 Å². The van der Waals surface area contributed by atoms with Gasteiger partial charge < -0.3 is 16.4 Å². The van der Waals surface area contributed by atoms with Gasteiger partial charge in [-0.25, -0.2) is 4.39 Å². The Morgan fingerprint density at radius 1 is 1.08 bits per heavy atom. The molecule has 0 aliphatic heterocycles. The summed E-state index contributed by atoms with van der Waals surface area (Å²) in [6.07, 6.45) is 0.661. The quantitative estimate of drug-likeness (QED) is 0.563. The molecular weight excluding hydrogens is 341 g/mol. The highest BCUT2D eigenvalue weighted by Crippen LogP contribution is 2.07. The number of amides is 3. The van der Waals surface area contributed by atoms with Gasteiger partial charge in [0.25, 0.3) is 0 Å². The molecule has 0 unspecified atom stereocenters. The Labute approximate surface area is 151 Å². The highest BCUT2D eigenvalue weighted by molar-refractivity contribution is 5.91. The number of hydrogen-bond acceptors (Lipinski definition) is 4. The average Bonchev–Trinajstić information content (AvgIpc) is 2.58.